The summed E-state index contributed by atoms with van der Waals surface area (Å²) in [5.74, 6) is 2.52. The molecule has 0 N–H and O–H groups in total. The number of tetrazole rings is 1. The molecule has 5 aliphatic rings. The minimum Gasteiger partial charge on any atom is -0.332 e. The first-order valence-corrected chi connectivity index (χ1v) is 12.5. The van der Waals surface area contributed by atoms with Crippen LogP contribution in [-0.2, 0) is 11.3 Å². The second kappa shape index (κ2) is 7.57. The van der Waals surface area contributed by atoms with E-state index in [1.165, 1.54) is 43.2 Å². The number of amides is 1. The van der Waals surface area contributed by atoms with Crippen LogP contribution in [0.1, 0.15) is 63.0 Å². The first kappa shape index (κ1) is 19.7. The number of carbonyl (C=O) groups is 1. The number of carbonyl (C=O) groups excluding carboxylic acids is 1. The fourth-order valence-electron chi connectivity index (χ4n) is 6.72. The Morgan fingerprint density at radius 2 is 1.74 bits per heavy atom. The zero-order valence-electron chi connectivity index (χ0n) is 17.6. The first-order valence-electron chi connectivity index (χ1n) is 11.5. The largest absolute Gasteiger partial charge is 0.332 e. The Morgan fingerprint density at radius 1 is 1.10 bits per heavy atom. The molecule has 1 amide bonds. The van der Waals surface area contributed by atoms with Crippen molar-refractivity contribution < 1.29 is 9.18 Å². The van der Waals surface area contributed by atoms with E-state index in [2.05, 4.69) is 20.4 Å². The molecule has 4 bridgehead atoms. The number of halogens is 1. The highest BCUT2D eigenvalue weighted by Crippen LogP contribution is 2.58. The summed E-state index contributed by atoms with van der Waals surface area (Å²) in [6.07, 6.45) is 9.59. The third kappa shape index (κ3) is 3.77. The van der Waals surface area contributed by atoms with Crippen LogP contribution in [0.2, 0.25) is 0 Å². The summed E-state index contributed by atoms with van der Waals surface area (Å²) in [5.41, 5.74) is 0.960. The zero-order valence-corrected chi connectivity index (χ0v) is 18.4. The quantitative estimate of drug-likeness (QED) is 0.602. The van der Waals surface area contributed by atoms with Crippen molar-refractivity contribution in [2.75, 3.05) is 5.75 Å². The summed E-state index contributed by atoms with van der Waals surface area (Å²) in [5, 5.41) is 12.8. The predicted octanol–water partition coefficient (Wildman–Crippen LogP) is 4.24. The fourth-order valence-corrected chi connectivity index (χ4v) is 7.54. The minimum atomic E-state index is -0.237. The Morgan fingerprint density at radius 3 is 2.35 bits per heavy atom. The van der Waals surface area contributed by atoms with Gasteiger partial charge in [0, 0.05) is 12.1 Å². The number of thioether (sulfide) groups is 1. The summed E-state index contributed by atoms with van der Waals surface area (Å²) in [6.45, 7) is 0.555. The summed E-state index contributed by atoms with van der Waals surface area (Å²) < 4.78 is 15.3. The average molecular weight is 442 g/mol. The topological polar surface area (TPSA) is 63.9 Å². The lowest BCUT2D eigenvalue weighted by atomic mass is 9.52. The van der Waals surface area contributed by atoms with Crippen LogP contribution in [0.3, 0.4) is 0 Å². The molecule has 31 heavy (non-hydrogen) atoms. The number of aromatic nitrogens is 4. The molecule has 0 spiro atoms. The van der Waals surface area contributed by atoms with E-state index < -0.39 is 0 Å². The molecule has 6 nitrogen and oxygen atoms in total. The van der Waals surface area contributed by atoms with Crippen molar-refractivity contribution in [3.63, 3.8) is 0 Å². The van der Waals surface area contributed by atoms with E-state index in [9.17, 15) is 9.18 Å². The number of benzene rings is 1. The van der Waals surface area contributed by atoms with Gasteiger partial charge in [-0.05, 0) is 97.2 Å². The highest BCUT2D eigenvalue weighted by atomic mass is 32.2. The van der Waals surface area contributed by atoms with Crippen molar-refractivity contribution in [3.8, 4) is 0 Å². The van der Waals surface area contributed by atoms with E-state index in [4.69, 9.17) is 0 Å². The SMILES string of the molecule is O=C(CSc1nnnn1C1CC1)N(Cc1ccc(F)cc1)C12CC3CC(CC(C3)C1)C2. The molecule has 7 rings (SSSR count). The van der Waals surface area contributed by atoms with E-state index in [1.807, 2.05) is 16.8 Å². The smallest absolute Gasteiger partial charge is 0.233 e. The standard InChI is InChI=1S/C23H28FN5OS/c24-19-3-1-15(2-4-19)13-28(23-10-16-7-17(11-23)9-18(8-16)12-23)21(30)14-31-22-25-26-27-29(22)20-5-6-20/h1-4,16-18,20H,5-14H2. The molecule has 1 aromatic carbocycles. The van der Waals surface area contributed by atoms with Crippen molar-refractivity contribution in [2.24, 2.45) is 17.8 Å². The molecule has 0 atom stereocenters. The number of hydrogen-bond acceptors (Lipinski definition) is 5. The molecule has 1 heterocycles. The number of nitrogens with zero attached hydrogens (tertiary/aromatic N) is 5. The van der Waals surface area contributed by atoms with Crippen molar-refractivity contribution in [2.45, 2.75) is 74.6 Å². The average Bonchev–Trinajstić information content (AvgIpc) is 3.48. The highest BCUT2D eigenvalue weighted by Gasteiger charge is 2.54. The summed E-state index contributed by atoms with van der Waals surface area (Å²) >= 11 is 1.45. The lowest BCUT2D eigenvalue weighted by Crippen LogP contribution is -2.61. The lowest BCUT2D eigenvalue weighted by Gasteiger charge is -2.60. The van der Waals surface area contributed by atoms with Crippen LogP contribution in [0.4, 0.5) is 4.39 Å². The zero-order chi connectivity index (χ0) is 21.0. The Bertz CT molecular complexity index is 937. The third-order valence-electron chi connectivity index (χ3n) is 7.81. The van der Waals surface area contributed by atoms with E-state index in [0.29, 0.717) is 18.3 Å². The summed E-state index contributed by atoms with van der Waals surface area (Å²) in [7, 11) is 0. The van der Waals surface area contributed by atoms with Gasteiger partial charge in [0.25, 0.3) is 0 Å². The van der Waals surface area contributed by atoms with Gasteiger partial charge < -0.3 is 4.90 Å². The summed E-state index contributed by atoms with van der Waals surface area (Å²) in [4.78, 5) is 15.8. The van der Waals surface area contributed by atoms with Gasteiger partial charge in [-0.25, -0.2) is 9.07 Å². The molecule has 164 valence electrons. The van der Waals surface area contributed by atoms with Crippen LogP contribution in [0.5, 0.6) is 0 Å². The minimum absolute atomic E-state index is 0.0385. The molecule has 5 saturated carbocycles. The van der Waals surface area contributed by atoms with Gasteiger partial charge in [-0.3, -0.25) is 4.79 Å². The van der Waals surface area contributed by atoms with Crippen molar-refractivity contribution in [3.05, 3.63) is 35.6 Å². The van der Waals surface area contributed by atoms with Gasteiger partial charge in [0.05, 0.1) is 11.8 Å². The van der Waals surface area contributed by atoms with Gasteiger partial charge in [0.15, 0.2) is 0 Å². The molecule has 1 aromatic heterocycles. The Kier molecular flexibility index (Phi) is 4.81. The Hall–Kier alpha value is -1.96. The molecule has 0 unspecified atom stereocenters. The van der Waals surface area contributed by atoms with Crippen LogP contribution in [0, 0.1) is 23.6 Å². The monoisotopic (exact) mass is 441 g/mol. The van der Waals surface area contributed by atoms with E-state index in [-0.39, 0.29) is 17.3 Å². The van der Waals surface area contributed by atoms with E-state index >= 15 is 0 Å². The molecule has 0 radical (unpaired) electrons. The molecule has 5 fully saturated rings. The molecule has 8 heteroatoms. The van der Waals surface area contributed by atoms with Crippen molar-refractivity contribution >= 4 is 17.7 Å². The number of hydrogen-bond donors (Lipinski definition) is 0. The van der Waals surface area contributed by atoms with Crippen molar-refractivity contribution in [1.82, 2.24) is 25.1 Å². The van der Waals surface area contributed by atoms with Gasteiger partial charge in [-0.1, -0.05) is 23.9 Å². The second-order valence-electron chi connectivity index (χ2n) is 10.2. The molecular formula is C23H28FN5OS. The maximum atomic E-state index is 13.7. The fraction of sp³-hybridized carbons (Fsp3) is 0.652. The lowest BCUT2D eigenvalue weighted by molar-refractivity contribution is -0.149. The molecule has 0 aliphatic heterocycles. The van der Waals surface area contributed by atoms with Gasteiger partial charge >= 0.3 is 0 Å². The van der Waals surface area contributed by atoms with Crippen molar-refractivity contribution in [1.29, 1.82) is 0 Å². The highest BCUT2D eigenvalue weighted by molar-refractivity contribution is 7.99. The number of rotatable bonds is 7. The van der Waals surface area contributed by atoms with Crippen LogP contribution in [0.15, 0.2) is 29.4 Å². The van der Waals surface area contributed by atoms with Crippen LogP contribution in [0.25, 0.3) is 0 Å². The molecule has 5 aliphatic carbocycles. The Balaban J connectivity index is 1.25. The maximum Gasteiger partial charge on any atom is 0.233 e. The summed E-state index contributed by atoms with van der Waals surface area (Å²) in [6, 6.07) is 7.02. The van der Waals surface area contributed by atoms with E-state index in [0.717, 1.165) is 60.6 Å². The normalized spacial score (nSPS) is 31.2. The van der Waals surface area contributed by atoms with E-state index in [1.54, 1.807) is 0 Å². The third-order valence-corrected chi connectivity index (χ3v) is 8.73. The first-order chi connectivity index (χ1) is 15.1. The van der Waals surface area contributed by atoms with Crippen LogP contribution in [-0.4, -0.2) is 42.3 Å². The predicted molar refractivity (Wildman–Crippen MR) is 115 cm³/mol. The second-order valence-corrected chi connectivity index (χ2v) is 11.1. The van der Waals surface area contributed by atoms with Gasteiger partial charge in [-0.2, -0.15) is 0 Å². The van der Waals surface area contributed by atoms with Gasteiger partial charge in [0.1, 0.15) is 5.82 Å². The molecule has 0 saturated heterocycles. The van der Waals surface area contributed by atoms with Crippen LogP contribution < -0.4 is 0 Å². The Labute approximate surface area is 185 Å². The molecule has 2 aromatic rings. The van der Waals surface area contributed by atoms with Gasteiger partial charge in [0.2, 0.25) is 11.1 Å². The molecular weight excluding hydrogens is 413 g/mol. The maximum absolute atomic E-state index is 13.7. The van der Waals surface area contributed by atoms with Gasteiger partial charge in [-0.15, -0.1) is 5.10 Å². The van der Waals surface area contributed by atoms with Crippen LogP contribution >= 0.6 is 11.8 Å².